The van der Waals surface area contributed by atoms with Crippen LogP contribution in [0.3, 0.4) is 0 Å². The van der Waals surface area contributed by atoms with E-state index in [0.717, 1.165) is 34.2 Å². The first-order valence-corrected chi connectivity index (χ1v) is 7.27. The van der Waals surface area contributed by atoms with Crippen molar-refractivity contribution in [1.82, 2.24) is 9.97 Å². The molecule has 1 aromatic heterocycles. The number of aryl methyl sites for hydroxylation is 1. The van der Waals surface area contributed by atoms with Crippen molar-refractivity contribution in [2.45, 2.75) is 6.92 Å². The zero-order valence-corrected chi connectivity index (χ0v) is 13.1. The molecule has 0 unspecified atom stereocenters. The smallest absolute Gasteiger partial charge is 0.134 e. The molecule has 0 atom stereocenters. The van der Waals surface area contributed by atoms with Crippen molar-refractivity contribution < 1.29 is 4.74 Å². The number of para-hydroxylation sites is 1. The van der Waals surface area contributed by atoms with Crippen LogP contribution in [0.4, 0.5) is 17.2 Å². The Kier molecular flexibility index (Phi) is 4.10. The second kappa shape index (κ2) is 6.36. The lowest BCUT2D eigenvalue weighted by molar-refractivity contribution is 0.416. The molecule has 0 radical (unpaired) electrons. The second-order valence-electron chi connectivity index (χ2n) is 5.13. The average molecular weight is 306 g/mol. The lowest BCUT2D eigenvalue weighted by atomic mass is 10.1. The number of nitrogens with two attached hydrogens (primary N) is 1. The van der Waals surface area contributed by atoms with Gasteiger partial charge in [-0.05, 0) is 43.3 Å². The summed E-state index contributed by atoms with van der Waals surface area (Å²) in [5.41, 5.74) is 9.10. The Balaban J connectivity index is 1.97. The molecule has 1 heterocycles. The molecule has 116 valence electrons. The van der Waals surface area contributed by atoms with Crippen LogP contribution in [0.25, 0.3) is 11.3 Å². The van der Waals surface area contributed by atoms with Crippen molar-refractivity contribution in [2.24, 2.45) is 0 Å². The number of rotatable bonds is 4. The van der Waals surface area contributed by atoms with Crippen LogP contribution < -0.4 is 15.8 Å². The molecule has 5 heteroatoms. The highest BCUT2D eigenvalue weighted by Gasteiger charge is 2.09. The molecule has 5 nitrogen and oxygen atoms in total. The summed E-state index contributed by atoms with van der Waals surface area (Å²) in [6.07, 6.45) is 0. The molecular formula is C18H18N4O. The van der Waals surface area contributed by atoms with Gasteiger partial charge in [0.05, 0.1) is 12.8 Å². The molecule has 0 aliphatic carbocycles. The van der Waals surface area contributed by atoms with Crippen LogP contribution in [0, 0.1) is 6.92 Å². The van der Waals surface area contributed by atoms with E-state index in [1.54, 1.807) is 7.11 Å². The third kappa shape index (κ3) is 3.40. The van der Waals surface area contributed by atoms with E-state index in [-0.39, 0.29) is 0 Å². The van der Waals surface area contributed by atoms with Crippen molar-refractivity contribution in [3.8, 4) is 17.0 Å². The summed E-state index contributed by atoms with van der Waals surface area (Å²) < 4.78 is 5.42. The maximum Gasteiger partial charge on any atom is 0.134 e. The van der Waals surface area contributed by atoms with Gasteiger partial charge < -0.3 is 15.8 Å². The van der Waals surface area contributed by atoms with Crippen molar-refractivity contribution in [2.75, 3.05) is 18.2 Å². The number of anilines is 3. The van der Waals surface area contributed by atoms with E-state index in [1.165, 1.54) is 0 Å². The SMILES string of the molecule is COc1ccccc1-c1cc(Nc2ccc(N)cc2)nc(C)n1. The summed E-state index contributed by atoms with van der Waals surface area (Å²) in [5, 5.41) is 3.27. The van der Waals surface area contributed by atoms with Crippen molar-refractivity contribution in [3.63, 3.8) is 0 Å². The van der Waals surface area contributed by atoms with Crippen molar-refractivity contribution in [1.29, 1.82) is 0 Å². The zero-order chi connectivity index (χ0) is 16.2. The van der Waals surface area contributed by atoms with E-state index >= 15 is 0 Å². The molecule has 23 heavy (non-hydrogen) atoms. The van der Waals surface area contributed by atoms with Gasteiger partial charge in [0.25, 0.3) is 0 Å². The number of ether oxygens (including phenoxy) is 1. The maximum atomic E-state index is 5.71. The maximum absolute atomic E-state index is 5.71. The van der Waals surface area contributed by atoms with Gasteiger partial charge in [-0.2, -0.15) is 0 Å². The molecule has 0 saturated carbocycles. The van der Waals surface area contributed by atoms with E-state index in [2.05, 4.69) is 15.3 Å². The first kappa shape index (κ1) is 14.8. The molecule has 0 aliphatic heterocycles. The fourth-order valence-corrected chi connectivity index (χ4v) is 2.34. The third-order valence-electron chi connectivity index (χ3n) is 3.40. The quantitative estimate of drug-likeness (QED) is 0.717. The molecule has 3 aromatic rings. The van der Waals surface area contributed by atoms with E-state index < -0.39 is 0 Å². The topological polar surface area (TPSA) is 73.1 Å². The van der Waals surface area contributed by atoms with Crippen LogP contribution in [-0.2, 0) is 0 Å². The van der Waals surface area contributed by atoms with Crippen molar-refractivity contribution in [3.05, 3.63) is 60.4 Å². The van der Waals surface area contributed by atoms with E-state index in [9.17, 15) is 0 Å². The zero-order valence-electron chi connectivity index (χ0n) is 13.1. The largest absolute Gasteiger partial charge is 0.496 e. The standard InChI is InChI=1S/C18H18N4O/c1-12-20-16(15-5-3-4-6-17(15)23-2)11-18(21-12)22-14-9-7-13(19)8-10-14/h3-11H,19H2,1-2H3,(H,20,21,22). The fourth-order valence-electron chi connectivity index (χ4n) is 2.34. The van der Waals surface area contributed by atoms with Gasteiger partial charge >= 0.3 is 0 Å². The summed E-state index contributed by atoms with van der Waals surface area (Å²) in [5.74, 6) is 2.19. The highest BCUT2D eigenvalue weighted by atomic mass is 16.5. The molecule has 0 fully saturated rings. The van der Waals surface area contributed by atoms with Gasteiger partial charge in [0, 0.05) is 23.0 Å². The molecule has 0 saturated heterocycles. The second-order valence-corrected chi connectivity index (χ2v) is 5.13. The number of benzene rings is 2. The van der Waals surface area contributed by atoms with Gasteiger partial charge in [-0.1, -0.05) is 12.1 Å². The Morgan fingerprint density at radius 1 is 1.00 bits per heavy atom. The van der Waals surface area contributed by atoms with Gasteiger partial charge in [-0.15, -0.1) is 0 Å². The van der Waals surface area contributed by atoms with Gasteiger partial charge in [0.2, 0.25) is 0 Å². The minimum atomic E-state index is 0.686. The highest BCUT2D eigenvalue weighted by molar-refractivity contribution is 5.70. The minimum absolute atomic E-state index is 0.686. The number of nitrogens with zero attached hydrogens (tertiary/aromatic N) is 2. The van der Waals surface area contributed by atoms with Crippen LogP contribution in [-0.4, -0.2) is 17.1 Å². The van der Waals surface area contributed by atoms with Gasteiger partial charge in [-0.25, -0.2) is 9.97 Å². The number of hydrogen-bond acceptors (Lipinski definition) is 5. The summed E-state index contributed by atoms with van der Waals surface area (Å²) in [6.45, 7) is 1.87. The Bertz CT molecular complexity index is 816. The average Bonchev–Trinajstić information content (AvgIpc) is 2.56. The Morgan fingerprint density at radius 3 is 2.48 bits per heavy atom. The lowest BCUT2D eigenvalue weighted by Gasteiger charge is -2.11. The van der Waals surface area contributed by atoms with Gasteiger partial charge in [0.15, 0.2) is 0 Å². The normalized spacial score (nSPS) is 10.3. The first-order chi connectivity index (χ1) is 11.2. The molecule has 0 bridgehead atoms. The monoisotopic (exact) mass is 306 g/mol. The van der Waals surface area contributed by atoms with Crippen molar-refractivity contribution >= 4 is 17.2 Å². The number of methoxy groups -OCH3 is 1. The van der Waals surface area contributed by atoms with E-state index in [1.807, 2.05) is 61.5 Å². The summed E-state index contributed by atoms with van der Waals surface area (Å²) in [7, 11) is 1.65. The van der Waals surface area contributed by atoms with Crippen LogP contribution in [0.15, 0.2) is 54.6 Å². The predicted molar refractivity (Wildman–Crippen MR) is 92.9 cm³/mol. The molecular weight excluding hydrogens is 288 g/mol. The molecule has 3 rings (SSSR count). The predicted octanol–water partition coefficient (Wildman–Crippen LogP) is 3.79. The van der Waals surface area contributed by atoms with Crippen LogP contribution >= 0.6 is 0 Å². The molecule has 2 aromatic carbocycles. The third-order valence-corrected chi connectivity index (χ3v) is 3.40. The molecule has 3 N–H and O–H groups in total. The summed E-state index contributed by atoms with van der Waals surface area (Å²) in [6, 6.07) is 17.2. The lowest BCUT2D eigenvalue weighted by Crippen LogP contribution is -2.00. The summed E-state index contributed by atoms with van der Waals surface area (Å²) in [4.78, 5) is 8.96. The molecule has 0 amide bonds. The number of hydrogen-bond donors (Lipinski definition) is 2. The molecule has 0 spiro atoms. The number of nitrogens with one attached hydrogen (secondary N) is 1. The highest BCUT2D eigenvalue weighted by Crippen LogP contribution is 2.30. The van der Waals surface area contributed by atoms with Crippen LogP contribution in [0.1, 0.15) is 5.82 Å². The van der Waals surface area contributed by atoms with Crippen LogP contribution in [0.5, 0.6) is 5.75 Å². The minimum Gasteiger partial charge on any atom is -0.496 e. The van der Waals surface area contributed by atoms with Crippen LogP contribution in [0.2, 0.25) is 0 Å². The van der Waals surface area contributed by atoms with E-state index in [0.29, 0.717) is 5.82 Å². The van der Waals surface area contributed by atoms with Gasteiger partial charge in [-0.3, -0.25) is 0 Å². The Labute approximate surface area is 135 Å². The number of nitrogen functional groups attached to an aromatic ring is 1. The fraction of sp³-hybridized carbons (Fsp3) is 0.111. The summed E-state index contributed by atoms with van der Waals surface area (Å²) >= 11 is 0. The van der Waals surface area contributed by atoms with Gasteiger partial charge in [0.1, 0.15) is 17.4 Å². The molecule has 0 aliphatic rings. The Hall–Kier alpha value is -3.08. The number of aromatic nitrogens is 2. The first-order valence-electron chi connectivity index (χ1n) is 7.27. The van der Waals surface area contributed by atoms with E-state index in [4.69, 9.17) is 10.5 Å². The Morgan fingerprint density at radius 2 is 1.74 bits per heavy atom.